The fourth-order valence-corrected chi connectivity index (χ4v) is 2.77. The molecule has 108 valence electrons. The molecule has 1 aliphatic rings. The highest BCUT2D eigenvalue weighted by Gasteiger charge is 2.31. The van der Waals surface area contributed by atoms with Gasteiger partial charge in [-0.2, -0.15) is 0 Å². The minimum atomic E-state index is -0.344. The van der Waals surface area contributed by atoms with Gasteiger partial charge in [0.05, 0.1) is 6.61 Å². The van der Waals surface area contributed by atoms with Crippen molar-refractivity contribution in [2.45, 2.75) is 46.6 Å². The normalized spacial score (nSPS) is 13.1. The summed E-state index contributed by atoms with van der Waals surface area (Å²) in [5, 5.41) is 0. The summed E-state index contributed by atoms with van der Waals surface area (Å²) >= 11 is 0. The lowest BCUT2D eigenvalue weighted by Crippen LogP contribution is -2.11. The van der Waals surface area contributed by atoms with Crippen LogP contribution in [0.25, 0.3) is 0 Å². The van der Waals surface area contributed by atoms with Gasteiger partial charge in [0.25, 0.3) is 0 Å². The van der Waals surface area contributed by atoms with Crippen LogP contribution in [0.15, 0.2) is 0 Å². The number of benzene rings is 1. The molecule has 0 N–H and O–H groups in total. The quantitative estimate of drug-likeness (QED) is 0.592. The molecule has 0 aliphatic carbocycles. The highest BCUT2D eigenvalue weighted by molar-refractivity contribution is 5.98. The molecule has 1 aromatic carbocycles. The Morgan fingerprint density at radius 3 is 2.65 bits per heavy atom. The molecule has 0 saturated heterocycles. The first kappa shape index (κ1) is 14.6. The van der Waals surface area contributed by atoms with Crippen molar-refractivity contribution in [2.24, 2.45) is 0 Å². The molecular formula is C16H20O4. The molecule has 4 heteroatoms. The van der Waals surface area contributed by atoms with Crippen LogP contribution in [-0.2, 0) is 29.0 Å². The zero-order chi connectivity index (χ0) is 14.7. The largest absolute Gasteiger partial charge is 0.492 e. The lowest BCUT2D eigenvalue weighted by atomic mass is 9.89. The number of esters is 1. The van der Waals surface area contributed by atoms with Crippen LogP contribution in [-0.4, -0.2) is 18.9 Å². The molecule has 1 aromatic rings. The van der Waals surface area contributed by atoms with Gasteiger partial charge in [-0.3, -0.25) is 0 Å². The summed E-state index contributed by atoms with van der Waals surface area (Å²) < 4.78 is 10.9. The molecule has 0 amide bonds. The van der Waals surface area contributed by atoms with E-state index in [-0.39, 0.29) is 12.4 Å². The van der Waals surface area contributed by atoms with E-state index in [2.05, 4.69) is 0 Å². The van der Waals surface area contributed by atoms with Gasteiger partial charge in [-0.1, -0.05) is 13.8 Å². The van der Waals surface area contributed by atoms with E-state index in [0.29, 0.717) is 24.5 Å². The van der Waals surface area contributed by atoms with Gasteiger partial charge in [0.2, 0.25) is 0 Å². The summed E-state index contributed by atoms with van der Waals surface area (Å²) in [6, 6.07) is 0. The fourth-order valence-electron chi connectivity index (χ4n) is 2.77. The van der Waals surface area contributed by atoms with Gasteiger partial charge in [0, 0.05) is 17.5 Å². The van der Waals surface area contributed by atoms with E-state index >= 15 is 0 Å². The van der Waals surface area contributed by atoms with Crippen molar-refractivity contribution >= 4 is 12.3 Å². The number of carbonyl (C=O) groups is 2. The molecule has 0 unspecified atom stereocenters. The first-order valence-corrected chi connectivity index (χ1v) is 7.06. The summed E-state index contributed by atoms with van der Waals surface area (Å²) in [7, 11) is 0. The Bertz CT molecular complexity index is 546. The van der Waals surface area contributed by atoms with Gasteiger partial charge in [0.15, 0.2) is 0 Å². The van der Waals surface area contributed by atoms with Crippen LogP contribution in [0.4, 0.5) is 0 Å². The molecule has 0 fully saturated rings. The van der Waals surface area contributed by atoms with Gasteiger partial charge in [-0.15, -0.1) is 0 Å². The van der Waals surface area contributed by atoms with E-state index in [1.165, 1.54) is 0 Å². The number of hydrogen-bond donors (Lipinski definition) is 0. The zero-order valence-electron chi connectivity index (χ0n) is 12.2. The summed E-state index contributed by atoms with van der Waals surface area (Å²) in [4.78, 5) is 23.0. The maximum atomic E-state index is 12.0. The summed E-state index contributed by atoms with van der Waals surface area (Å²) in [6.07, 6.45) is 2.78. The number of ether oxygens (including phenoxy) is 2. The van der Waals surface area contributed by atoms with Crippen molar-refractivity contribution in [3.05, 3.63) is 27.8 Å². The lowest BCUT2D eigenvalue weighted by Gasteiger charge is -2.19. The van der Waals surface area contributed by atoms with Gasteiger partial charge < -0.3 is 14.3 Å². The van der Waals surface area contributed by atoms with E-state index in [1.54, 1.807) is 0 Å². The van der Waals surface area contributed by atoms with E-state index < -0.39 is 0 Å². The molecule has 0 atom stereocenters. The Labute approximate surface area is 119 Å². The molecule has 1 aliphatic heterocycles. The summed E-state index contributed by atoms with van der Waals surface area (Å²) in [5.74, 6) is 0.211. The van der Waals surface area contributed by atoms with Gasteiger partial charge >= 0.3 is 5.97 Å². The Hall–Kier alpha value is -1.84. The monoisotopic (exact) mass is 276 g/mol. The third-order valence-corrected chi connectivity index (χ3v) is 3.72. The van der Waals surface area contributed by atoms with E-state index in [4.69, 9.17) is 9.47 Å². The molecule has 0 aromatic heterocycles. The first-order valence-electron chi connectivity index (χ1n) is 7.06. The highest BCUT2D eigenvalue weighted by atomic mass is 16.5. The predicted octanol–water partition coefficient (Wildman–Crippen LogP) is 2.76. The Morgan fingerprint density at radius 1 is 1.30 bits per heavy atom. The van der Waals surface area contributed by atoms with Crippen LogP contribution < -0.4 is 4.74 Å². The molecule has 0 bridgehead atoms. The number of hydrogen-bond acceptors (Lipinski definition) is 4. The van der Waals surface area contributed by atoms with E-state index in [0.717, 1.165) is 41.4 Å². The second-order valence-electron chi connectivity index (χ2n) is 4.91. The average molecular weight is 276 g/mol. The SMILES string of the molecule is CCCOc1c(CC=O)c(CC)c(C)c2c1C(=O)OC2. The van der Waals surface area contributed by atoms with Crippen molar-refractivity contribution in [1.29, 1.82) is 0 Å². The molecule has 0 saturated carbocycles. The van der Waals surface area contributed by atoms with Gasteiger partial charge in [0.1, 0.15) is 24.2 Å². The van der Waals surface area contributed by atoms with Gasteiger partial charge in [-0.25, -0.2) is 4.79 Å². The number of aldehydes is 1. The minimum Gasteiger partial charge on any atom is -0.492 e. The average Bonchev–Trinajstić information content (AvgIpc) is 2.82. The van der Waals surface area contributed by atoms with Gasteiger partial charge in [-0.05, 0) is 30.9 Å². The molecule has 0 spiro atoms. The molecular weight excluding hydrogens is 256 g/mol. The summed E-state index contributed by atoms with van der Waals surface area (Å²) in [5.41, 5.74) is 4.41. The van der Waals surface area contributed by atoms with E-state index in [9.17, 15) is 9.59 Å². The standard InChI is InChI=1S/C16H20O4/c1-4-8-19-15-12(6-7-17)11(5-2)10(3)13-9-20-16(18)14(13)15/h7H,4-6,8-9H2,1-3H3. The highest BCUT2D eigenvalue weighted by Crippen LogP contribution is 2.38. The molecule has 2 rings (SSSR count). The molecule has 1 heterocycles. The molecule has 20 heavy (non-hydrogen) atoms. The maximum Gasteiger partial charge on any atom is 0.342 e. The Balaban J connectivity index is 2.68. The van der Waals surface area contributed by atoms with Crippen molar-refractivity contribution in [3.8, 4) is 5.75 Å². The fraction of sp³-hybridized carbons (Fsp3) is 0.500. The number of carbonyl (C=O) groups excluding carboxylic acids is 2. The third kappa shape index (κ3) is 2.30. The maximum absolute atomic E-state index is 12.0. The second-order valence-corrected chi connectivity index (χ2v) is 4.91. The van der Waals surface area contributed by atoms with Crippen molar-refractivity contribution in [2.75, 3.05) is 6.61 Å². The second kappa shape index (κ2) is 6.07. The van der Waals surface area contributed by atoms with Crippen LogP contribution in [0.1, 0.15) is 52.9 Å². The Kier molecular flexibility index (Phi) is 4.42. The van der Waals surface area contributed by atoms with Crippen LogP contribution in [0, 0.1) is 6.92 Å². The smallest absolute Gasteiger partial charge is 0.342 e. The molecule has 4 nitrogen and oxygen atoms in total. The third-order valence-electron chi connectivity index (χ3n) is 3.72. The van der Waals surface area contributed by atoms with E-state index in [1.807, 2.05) is 20.8 Å². The Morgan fingerprint density at radius 2 is 2.05 bits per heavy atom. The topological polar surface area (TPSA) is 52.6 Å². The number of cyclic esters (lactones) is 1. The van der Waals surface area contributed by atoms with Crippen molar-refractivity contribution in [1.82, 2.24) is 0 Å². The number of fused-ring (bicyclic) bond motifs is 1. The van der Waals surface area contributed by atoms with Crippen LogP contribution in [0.5, 0.6) is 5.75 Å². The lowest BCUT2D eigenvalue weighted by molar-refractivity contribution is -0.107. The van der Waals surface area contributed by atoms with Crippen LogP contribution >= 0.6 is 0 Å². The van der Waals surface area contributed by atoms with Crippen LogP contribution in [0.2, 0.25) is 0 Å². The predicted molar refractivity (Wildman–Crippen MR) is 75.2 cm³/mol. The van der Waals surface area contributed by atoms with Crippen molar-refractivity contribution < 1.29 is 19.1 Å². The summed E-state index contributed by atoms with van der Waals surface area (Å²) in [6.45, 7) is 6.86. The number of rotatable bonds is 6. The molecule has 0 radical (unpaired) electrons. The first-order chi connectivity index (χ1) is 9.65. The van der Waals surface area contributed by atoms with Crippen LogP contribution in [0.3, 0.4) is 0 Å². The zero-order valence-corrected chi connectivity index (χ0v) is 12.2. The minimum absolute atomic E-state index is 0.267. The van der Waals surface area contributed by atoms with Crippen molar-refractivity contribution in [3.63, 3.8) is 0 Å².